The van der Waals surface area contributed by atoms with E-state index in [1.165, 1.54) is 0 Å². The number of rotatable bonds is 4. The van der Waals surface area contributed by atoms with Crippen molar-refractivity contribution in [3.05, 3.63) is 21.3 Å². The minimum atomic E-state index is -0.372. The van der Waals surface area contributed by atoms with Gasteiger partial charge >= 0.3 is 0 Å². The SMILES string of the molecule is CCOC(C)(C)C(N)c1sccc1Cl. The average Bonchev–Trinajstić information content (AvgIpc) is 2.50. The molecule has 4 heteroatoms. The van der Waals surface area contributed by atoms with Gasteiger partial charge in [-0.15, -0.1) is 11.3 Å². The number of hydrogen-bond acceptors (Lipinski definition) is 3. The molecular weight excluding hydrogens is 218 g/mol. The maximum atomic E-state index is 6.11. The van der Waals surface area contributed by atoms with Gasteiger partial charge in [-0.25, -0.2) is 0 Å². The zero-order valence-corrected chi connectivity index (χ0v) is 10.3. The number of halogens is 1. The van der Waals surface area contributed by atoms with Crippen LogP contribution in [0.5, 0.6) is 0 Å². The summed E-state index contributed by atoms with van der Waals surface area (Å²) in [6.07, 6.45) is 0. The smallest absolute Gasteiger partial charge is 0.0826 e. The van der Waals surface area contributed by atoms with E-state index in [-0.39, 0.29) is 11.6 Å². The predicted molar refractivity (Wildman–Crippen MR) is 62.0 cm³/mol. The molecule has 1 rings (SSSR count). The van der Waals surface area contributed by atoms with Gasteiger partial charge in [0.2, 0.25) is 0 Å². The van der Waals surface area contributed by atoms with E-state index in [9.17, 15) is 0 Å². The van der Waals surface area contributed by atoms with Gasteiger partial charge in [-0.2, -0.15) is 0 Å². The van der Waals surface area contributed by atoms with Crippen LogP contribution in [0.1, 0.15) is 31.7 Å². The van der Waals surface area contributed by atoms with E-state index in [1.807, 2.05) is 32.2 Å². The van der Waals surface area contributed by atoms with Crippen molar-refractivity contribution < 1.29 is 4.74 Å². The van der Waals surface area contributed by atoms with Gasteiger partial charge in [-0.05, 0) is 32.2 Å². The molecule has 0 bridgehead atoms. The highest BCUT2D eigenvalue weighted by Crippen LogP contribution is 2.34. The van der Waals surface area contributed by atoms with Crippen LogP contribution < -0.4 is 5.73 Å². The monoisotopic (exact) mass is 233 g/mol. The molecular formula is C10H16ClNOS. The first kappa shape index (κ1) is 12.0. The topological polar surface area (TPSA) is 35.2 Å². The summed E-state index contributed by atoms with van der Waals surface area (Å²) in [5, 5.41) is 2.68. The van der Waals surface area contributed by atoms with Crippen molar-refractivity contribution >= 4 is 22.9 Å². The average molecular weight is 234 g/mol. The largest absolute Gasteiger partial charge is 0.374 e. The van der Waals surface area contributed by atoms with Crippen LogP contribution in [0.25, 0.3) is 0 Å². The lowest BCUT2D eigenvalue weighted by molar-refractivity contribution is -0.0290. The van der Waals surface area contributed by atoms with E-state index in [1.54, 1.807) is 11.3 Å². The molecule has 0 amide bonds. The molecule has 0 saturated carbocycles. The zero-order chi connectivity index (χ0) is 10.8. The summed E-state index contributed by atoms with van der Waals surface area (Å²) < 4.78 is 5.59. The number of nitrogens with two attached hydrogens (primary N) is 1. The molecule has 0 saturated heterocycles. The van der Waals surface area contributed by atoms with Crippen LogP contribution in [0.15, 0.2) is 11.4 Å². The van der Waals surface area contributed by atoms with Crippen molar-refractivity contribution in [1.82, 2.24) is 0 Å². The Morgan fingerprint density at radius 1 is 1.64 bits per heavy atom. The molecule has 1 atom stereocenters. The zero-order valence-electron chi connectivity index (χ0n) is 8.71. The molecule has 1 unspecified atom stereocenters. The van der Waals surface area contributed by atoms with E-state index in [0.29, 0.717) is 6.61 Å². The lowest BCUT2D eigenvalue weighted by Crippen LogP contribution is -2.37. The standard InChI is InChI=1S/C10H16ClNOS/c1-4-13-10(2,3)9(12)8-7(11)5-6-14-8/h5-6,9H,4,12H2,1-3H3. The van der Waals surface area contributed by atoms with Crippen LogP contribution in [0.3, 0.4) is 0 Å². The van der Waals surface area contributed by atoms with E-state index < -0.39 is 0 Å². The van der Waals surface area contributed by atoms with Crippen LogP contribution in [-0.4, -0.2) is 12.2 Å². The van der Waals surface area contributed by atoms with Crippen LogP contribution in [0, 0.1) is 0 Å². The lowest BCUT2D eigenvalue weighted by atomic mass is 9.98. The summed E-state index contributed by atoms with van der Waals surface area (Å²) in [5.41, 5.74) is 5.73. The van der Waals surface area contributed by atoms with Crippen molar-refractivity contribution in [2.24, 2.45) is 5.73 Å². The molecule has 0 radical (unpaired) electrons. The molecule has 0 spiro atoms. The first-order chi connectivity index (χ1) is 6.49. The normalized spacial score (nSPS) is 14.4. The van der Waals surface area contributed by atoms with Gasteiger partial charge in [0.25, 0.3) is 0 Å². The van der Waals surface area contributed by atoms with Gasteiger partial charge in [0.15, 0.2) is 0 Å². The molecule has 0 aliphatic heterocycles. The second-order valence-corrected chi connectivity index (χ2v) is 5.00. The second-order valence-electron chi connectivity index (χ2n) is 3.65. The van der Waals surface area contributed by atoms with E-state index in [0.717, 1.165) is 9.90 Å². The van der Waals surface area contributed by atoms with Crippen molar-refractivity contribution in [3.8, 4) is 0 Å². The van der Waals surface area contributed by atoms with Gasteiger partial charge in [-0.3, -0.25) is 0 Å². The Labute approximate surface area is 94.0 Å². The summed E-state index contributed by atoms with van der Waals surface area (Å²) in [4.78, 5) is 0.991. The molecule has 80 valence electrons. The Morgan fingerprint density at radius 2 is 2.29 bits per heavy atom. The van der Waals surface area contributed by atoms with Crippen LogP contribution in [0.4, 0.5) is 0 Å². The molecule has 0 aliphatic carbocycles. The Morgan fingerprint density at radius 3 is 2.71 bits per heavy atom. The van der Waals surface area contributed by atoms with Crippen LogP contribution in [-0.2, 0) is 4.74 Å². The van der Waals surface area contributed by atoms with E-state index in [4.69, 9.17) is 22.1 Å². The maximum Gasteiger partial charge on any atom is 0.0826 e. The molecule has 0 aromatic carbocycles. The maximum absolute atomic E-state index is 6.11. The Kier molecular flexibility index (Phi) is 3.95. The van der Waals surface area contributed by atoms with Crippen molar-refractivity contribution in [2.45, 2.75) is 32.4 Å². The highest BCUT2D eigenvalue weighted by Gasteiger charge is 2.30. The summed E-state index contributed by atoms with van der Waals surface area (Å²) >= 11 is 7.59. The van der Waals surface area contributed by atoms with Gasteiger partial charge in [0.05, 0.1) is 16.7 Å². The van der Waals surface area contributed by atoms with Crippen molar-refractivity contribution in [2.75, 3.05) is 6.61 Å². The predicted octanol–water partition coefficient (Wildman–Crippen LogP) is 3.22. The molecule has 1 aromatic heterocycles. The van der Waals surface area contributed by atoms with Gasteiger partial charge in [0.1, 0.15) is 0 Å². The fraction of sp³-hybridized carbons (Fsp3) is 0.600. The molecule has 14 heavy (non-hydrogen) atoms. The first-order valence-corrected chi connectivity index (χ1v) is 5.87. The third-order valence-corrected chi connectivity index (χ3v) is 3.63. The van der Waals surface area contributed by atoms with Gasteiger partial charge < -0.3 is 10.5 Å². The Hall–Kier alpha value is -0.0900. The minimum absolute atomic E-state index is 0.171. The second kappa shape index (κ2) is 4.62. The Balaban J connectivity index is 2.84. The van der Waals surface area contributed by atoms with Crippen molar-refractivity contribution in [1.29, 1.82) is 0 Å². The number of thiophene rings is 1. The van der Waals surface area contributed by atoms with Gasteiger partial charge in [-0.1, -0.05) is 11.6 Å². The third-order valence-electron chi connectivity index (χ3n) is 2.19. The van der Waals surface area contributed by atoms with E-state index in [2.05, 4.69) is 0 Å². The number of ether oxygens (including phenoxy) is 1. The fourth-order valence-electron chi connectivity index (χ4n) is 1.30. The highest BCUT2D eigenvalue weighted by atomic mass is 35.5. The number of hydrogen-bond donors (Lipinski definition) is 1. The van der Waals surface area contributed by atoms with Gasteiger partial charge in [0, 0.05) is 11.5 Å². The molecule has 0 aliphatic rings. The first-order valence-electron chi connectivity index (χ1n) is 4.61. The van der Waals surface area contributed by atoms with Crippen LogP contribution >= 0.6 is 22.9 Å². The summed E-state index contributed by atoms with van der Waals surface area (Å²) in [6.45, 7) is 6.59. The molecule has 2 nitrogen and oxygen atoms in total. The summed E-state index contributed by atoms with van der Waals surface area (Å²) in [5.74, 6) is 0. The highest BCUT2D eigenvalue weighted by molar-refractivity contribution is 7.10. The summed E-state index contributed by atoms with van der Waals surface area (Å²) in [6, 6.07) is 1.69. The third kappa shape index (κ3) is 2.48. The van der Waals surface area contributed by atoms with E-state index >= 15 is 0 Å². The fourth-order valence-corrected chi connectivity index (χ4v) is 2.66. The lowest BCUT2D eigenvalue weighted by Gasteiger charge is -2.30. The quantitative estimate of drug-likeness (QED) is 0.867. The Bertz CT molecular complexity index is 298. The summed E-state index contributed by atoms with van der Waals surface area (Å²) in [7, 11) is 0. The molecule has 1 heterocycles. The minimum Gasteiger partial charge on any atom is -0.374 e. The van der Waals surface area contributed by atoms with Crippen LogP contribution in [0.2, 0.25) is 5.02 Å². The molecule has 2 N–H and O–H groups in total. The molecule has 1 aromatic rings. The molecule has 0 fully saturated rings. The van der Waals surface area contributed by atoms with Crippen molar-refractivity contribution in [3.63, 3.8) is 0 Å².